The van der Waals surface area contributed by atoms with Crippen molar-refractivity contribution in [2.75, 3.05) is 31.9 Å². The molecule has 1 rings (SSSR count). The van der Waals surface area contributed by atoms with Gasteiger partial charge in [0, 0.05) is 23.1 Å². The molecule has 2 N–H and O–H groups in total. The lowest BCUT2D eigenvalue weighted by molar-refractivity contribution is 0.462. The molecule has 0 saturated carbocycles. The maximum absolute atomic E-state index is 12.2. The molecule has 0 atom stereocenters. The average molecular weight is 385 g/mol. The smallest absolute Gasteiger partial charge is 0.301 e. The van der Waals surface area contributed by atoms with E-state index in [1.807, 2.05) is 14.0 Å². The molecule has 0 amide bonds. The fourth-order valence-electron chi connectivity index (χ4n) is 1.54. The van der Waals surface area contributed by atoms with E-state index in [0.29, 0.717) is 21.7 Å². The number of nitrogens with zero attached hydrogens (tertiary/aromatic N) is 1. The quantitative estimate of drug-likeness (QED) is 0.710. The van der Waals surface area contributed by atoms with Crippen molar-refractivity contribution in [2.24, 2.45) is 0 Å². The zero-order valence-electron chi connectivity index (χ0n) is 11.7. The second-order valence-electron chi connectivity index (χ2n) is 4.47. The van der Waals surface area contributed by atoms with Gasteiger partial charge in [-0.3, -0.25) is 4.72 Å². The van der Waals surface area contributed by atoms with Crippen LogP contribution in [0, 0.1) is 6.92 Å². The van der Waals surface area contributed by atoms with Crippen LogP contribution in [0.1, 0.15) is 12.0 Å². The summed E-state index contributed by atoms with van der Waals surface area (Å²) in [5, 5.41) is 3.50. The first-order valence-corrected chi connectivity index (χ1v) is 8.73. The molecule has 0 aliphatic rings. The summed E-state index contributed by atoms with van der Waals surface area (Å²) in [5.41, 5.74) is 1.31. The van der Waals surface area contributed by atoms with Gasteiger partial charge >= 0.3 is 10.2 Å². The van der Waals surface area contributed by atoms with Crippen molar-refractivity contribution in [1.29, 1.82) is 0 Å². The van der Waals surface area contributed by atoms with Gasteiger partial charge in [-0.1, -0.05) is 11.6 Å². The van der Waals surface area contributed by atoms with Gasteiger partial charge in [0.2, 0.25) is 0 Å². The van der Waals surface area contributed by atoms with Gasteiger partial charge in [-0.15, -0.1) is 0 Å². The van der Waals surface area contributed by atoms with Gasteiger partial charge in [0.25, 0.3) is 0 Å². The number of benzene rings is 1. The van der Waals surface area contributed by atoms with E-state index in [2.05, 4.69) is 26.0 Å². The van der Waals surface area contributed by atoms with Gasteiger partial charge in [0.05, 0.1) is 5.69 Å². The van der Waals surface area contributed by atoms with Crippen molar-refractivity contribution in [3.8, 4) is 0 Å². The van der Waals surface area contributed by atoms with Crippen LogP contribution in [0.3, 0.4) is 0 Å². The maximum atomic E-state index is 12.2. The molecule has 0 heterocycles. The van der Waals surface area contributed by atoms with Crippen LogP contribution in [0.2, 0.25) is 5.02 Å². The summed E-state index contributed by atoms with van der Waals surface area (Å²) in [4.78, 5) is 0. The molecular weight excluding hydrogens is 366 g/mol. The monoisotopic (exact) mass is 383 g/mol. The standard InChI is InChI=1S/C12H19BrClN3O2S/c1-9-7-10(13)12(8-11(9)14)16-20(18,19)17(3)6-4-5-15-2/h7-8,15-16H,4-6H2,1-3H3. The molecule has 0 saturated heterocycles. The predicted molar refractivity (Wildman–Crippen MR) is 87.6 cm³/mol. The Labute approximate surface area is 134 Å². The summed E-state index contributed by atoms with van der Waals surface area (Å²) >= 11 is 9.35. The highest BCUT2D eigenvalue weighted by atomic mass is 79.9. The fraction of sp³-hybridized carbons (Fsp3) is 0.500. The van der Waals surface area contributed by atoms with E-state index >= 15 is 0 Å². The first-order valence-electron chi connectivity index (χ1n) is 6.12. The highest BCUT2D eigenvalue weighted by Crippen LogP contribution is 2.30. The second kappa shape index (κ2) is 7.61. The number of hydrogen-bond donors (Lipinski definition) is 2. The molecule has 20 heavy (non-hydrogen) atoms. The van der Waals surface area contributed by atoms with E-state index in [1.54, 1.807) is 19.2 Å². The molecule has 0 radical (unpaired) electrons. The molecule has 0 aromatic heterocycles. The molecule has 0 spiro atoms. The molecule has 0 bridgehead atoms. The molecule has 0 unspecified atom stereocenters. The molecule has 8 heteroatoms. The summed E-state index contributed by atoms with van der Waals surface area (Å²) in [7, 11) is -0.204. The Morgan fingerprint density at radius 1 is 1.40 bits per heavy atom. The van der Waals surface area contributed by atoms with Crippen molar-refractivity contribution in [3.63, 3.8) is 0 Å². The van der Waals surface area contributed by atoms with Crippen molar-refractivity contribution < 1.29 is 8.42 Å². The van der Waals surface area contributed by atoms with Crippen LogP contribution in [0.25, 0.3) is 0 Å². The van der Waals surface area contributed by atoms with Crippen LogP contribution >= 0.6 is 27.5 Å². The largest absolute Gasteiger partial charge is 0.320 e. The Kier molecular flexibility index (Phi) is 6.74. The lowest BCUT2D eigenvalue weighted by Gasteiger charge is -2.19. The Morgan fingerprint density at radius 2 is 2.05 bits per heavy atom. The number of rotatable bonds is 7. The summed E-state index contributed by atoms with van der Waals surface area (Å²) in [6, 6.07) is 3.38. The Bertz CT molecular complexity index is 566. The van der Waals surface area contributed by atoms with Gasteiger partial charge in [-0.25, -0.2) is 0 Å². The van der Waals surface area contributed by atoms with E-state index in [-0.39, 0.29) is 0 Å². The minimum Gasteiger partial charge on any atom is -0.320 e. The van der Waals surface area contributed by atoms with Crippen molar-refractivity contribution >= 4 is 43.4 Å². The second-order valence-corrected chi connectivity index (χ2v) is 7.51. The van der Waals surface area contributed by atoms with Crippen LogP contribution < -0.4 is 10.0 Å². The summed E-state index contributed by atoms with van der Waals surface area (Å²) in [6.07, 6.45) is 0.740. The highest BCUT2D eigenvalue weighted by molar-refractivity contribution is 9.10. The van der Waals surface area contributed by atoms with Crippen LogP contribution in [0.5, 0.6) is 0 Å². The van der Waals surface area contributed by atoms with E-state index in [0.717, 1.165) is 18.5 Å². The Hall–Kier alpha value is -0.340. The van der Waals surface area contributed by atoms with Gasteiger partial charge < -0.3 is 5.32 Å². The summed E-state index contributed by atoms with van der Waals surface area (Å²) < 4.78 is 28.8. The molecule has 114 valence electrons. The van der Waals surface area contributed by atoms with Crippen LogP contribution in [-0.4, -0.2) is 39.9 Å². The van der Waals surface area contributed by atoms with Crippen molar-refractivity contribution in [1.82, 2.24) is 9.62 Å². The van der Waals surface area contributed by atoms with Crippen LogP contribution in [-0.2, 0) is 10.2 Å². The molecule has 1 aromatic carbocycles. The third-order valence-electron chi connectivity index (χ3n) is 2.80. The third kappa shape index (κ3) is 4.89. The lowest BCUT2D eigenvalue weighted by atomic mass is 10.2. The van der Waals surface area contributed by atoms with E-state index in [9.17, 15) is 8.42 Å². The summed E-state index contributed by atoms with van der Waals surface area (Å²) in [6.45, 7) is 3.06. The van der Waals surface area contributed by atoms with E-state index in [4.69, 9.17) is 11.6 Å². The third-order valence-corrected chi connectivity index (χ3v) is 5.34. The van der Waals surface area contributed by atoms with Crippen molar-refractivity contribution in [2.45, 2.75) is 13.3 Å². The van der Waals surface area contributed by atoms with Gasteiger partial charge in [0.15, 0.2) is 0 Å². The van der Waals surface area contributed by atoms with Crippen LogP contribution in [0.15, 0.2) is 16.6 Å². The molecule has 5 nitrogen and oxygen atoms in total. The van der Waals surface area contributed by atoms with Crippen LogP contribution in [0.4, 0.5) is 5.69 Å². The lowest BCUT2D eigenvalue weighted by Crippen LogP contribution is -2.34. The number of halogens is 2. The predicted octanol–water partition coefficient (Wildman–Crippen LogP) is 2.61. The number of hydrogen-bond acceptors (Lipinski definition) is 3. The first-order chi connectivity index (χ1) is 9.27. The molecular formula is C12H19BrClN3O2S. The molecule has 0 aliphatic carbocycles. The Morgan fingerprint density at radius 3 is 2.65 bits per heavy atom. The SMILES string of the molecule is CNCCCN(C)S(=O)(=O)Nc1cc(Cl)c(C)cc1Br. The Balaban J connectivity index is 2.83. The van der Waals surface area contributed by atoms with Gasteiger partial charge in [0.1, 0.15) is 0 Å². The number of aryl methyl sites for hydroxylation is 1. The van der Waals surface area contributed by atoms with Gasteiger partial charge in [-0.2, -0.15) is 12.7 Å². The average Bonchev–Trinajstić information content (AvgIpc) is 2.35. The van der Waals surface area contributed by atoms with E-state index < -0.39 is 10.2 Å². The van der Waals surface area contributed by atoms with Crippen molar-refractivity contribution in [3.05, 3.63) is 27.2 Å². The van der Waals surface area contributed by atoms with Gasteiger partial charge in [-0.05, 0) is 60.6 Å². The minimum absolute atomic E-state index is 0.432. The number of anilines is 1. The topological polar surface area (TPSA) is 61.4 Å². The zero-order chi connectivity index (χ0) is 15.3. The molecule has 0 aliphatic heterocycles. The maximum Gasteiger partial charge on any atom is 0.301 e. The molecule has 1 aromatic rings. The molecule has 0 fully saturated rings. The highest BCUT2D eigenvalue weighted by Gasteiger charge is 2.18. The van der Waals surface area contributed by atoms with E-state index in [1.165, 1.54) is 4.31 Å². The normalized spacial score (nSPS) is 11.9. The number of nitrogens with one attached hydrogen (secondary N) is 2. The zero-order valence-corrected chi connectivity index (χ0v) is 14.9. The first kappa shape index (κ1) is 17.7. The fourth-order valence-corrected chi connectivity index (χ4v) is 3.36. The summed E-state index contributed by atoms with van der Waals surface area (Å²) in [5.74, 6) is 0. The minimum atomic E-state index is -3.58.